The van der Waals surface area contributed by atoms with Crippen molar-refractivity contribution >= 4 is 34.7 Å². The van der Waals surface area contributed by atoms with Crippen molar-refractivity contribution < 1.29 is 4.39 Å². The molecule has 0 saturated carbocycles. The van der Waals surface area contributed by atoms with Gasteiger partial charge < -0.3 is 5.32 Å². The molecule has 0 unspecified atom stereocenters. The topological polar surface area (TPSA) is 37.8 Å². The lowest BCUT2D eigenvalue weighted by Crippen LogP contribution is -2.03. The van der Waals surface area contributed by atoms with Crippen LogP contribution in [-0.4, -0.2) is 9.97 Å². The van der Waals surface area contributed by atoms with Crippen molar-refractivity contribution in [1.82, 2.24) is 9.97 Å². The van der Waals surface area contributed by atoms with Gasteiger partial charge in [0.1, 0.15) is 22.6 Å². The van der Waals surface area contributed by atoms with E-state index in [9.17, 15) is 4.39 Å². The van der Waals surface area contributed by atoms with Gasteiger partial charge in [-0.1, -0.05) is 30.1 Å². The molecule has 20 heavy (non-hydrogen) atoms. The smallest absolute Gasteiger partial charge is 0.141 e. The Hall–Kier alpha value is -1.39. The fraction of sp³-hybridized carbons (Fsp3) is 0.286. The molecule has 6 heteroatoms. The number of hydrogen-bond donors (Lipinski definition) is 1. The molecule has 0 radical (unpaired) electrons. The summed E-state index contributed by atoms with van der Waals surface area (Å²) in [6.07, 6.45) is 1.68. The Morgan fingerprint density at radius 3 is 2.65 bits per heavy atom. The monoisotopic (exact) mass is 313 g/mol. The molecule has 0 saturated heterocycles. The molecule has 0 fully saturated rings. The minimum Gasteiger partial charge on any atom is -0.340 e. The highest BCUT2D eigenvalue weighted by molar-refractivity contribution is 6.31. The minimum absolute atomic E-state index is 0.0570. The highest BCUT2D eigenvalue weighted by Crippen LogP contribution is 2.26. The van der Waals surface area contributed by atoms with Crippen LogP contribution in [0.2, 0.25) is 10.2 Å². The Balaban J connectivity index is 2.34. The molecular formula is C14H14Cl2FN3. The first-order chi connectivity index (χ1) is 9.51. The Kier molecular flexibility index (Phi) is 4.78. The summed E-state index contributed by atoms with van der Waals surface area (Å²) in [7, 11) is 0. The molecule has 1 heterocycles. The van der Waals surface area contributed by atoms with Gasteiger partial charge in [0.2, 0.25) is 0 Å². The van der Waals surface area contributed by atoms with E-state index in [1.54, 1.807) is 6.07 Å². The first kappa shape index (κ1) is 15.0. The van der Waals surface area contributed by atoms with E-state index in [1.807, 2.05) is 13.8 Å². The lowest BCUT2D eigenvalue weighted by atomic mass is 10.2. The molecule has 0 aliphatic rings. The number of nitrogens with one attached hydrogen (secondary N) is 1. The van der Waals surface area contributed by atoms with Gasteiger partial charge in [0.05, 0.1) is 5.02 Å². The molecule has 2 aromatic rings. The van der Waals surface area contributed by atoms with Gasteiger partial charge in [-0.2, -0.15) is 0 Å². The van der Waals surface area contributed by atoms with Gasteiger partial charge in [-0.05, 0) is 31.5 Å². The fourth-order valence-corrected chi connectivity index (χ4v) is 2.07. The summed E-state index contributed by atoms with van der Waals surface area (Å²) in [6, 6.07) is 4.40. The summed E-state index contributed by atoms with van der Waals surface area (Å²) in [4.78, 5) is 8.65. The van der Waals surface area contributed by atoms with Gasteiger partial charge in [0, 0.05) is 17.7 Å². The van der Waals surface area contributed by atoms with Crippen LogP contribution in [0.25, 0.3) is 0 Å². The zero-order valence-electron chi connectivity index (χ0n) is 11.2. The second-order valence-corrected chi connectivity index (χ2v) is 5.17. The molecule has 1 aromatic carbocycles. The third-order valence-electron chi connectivity index (χ3n) is 2.79. The quantitative estimate of drug-likeness (QED) is 0.813. The standard InChI is InChI=1S/C14H14Cl2FN3/c1-3-4-12-19-13(16)8(2)14(20-12)18-9-5-6-11(17)10(15)7-9/h5-7H,3-4H2,1-2H3,(H,18,19,20). The lowest BCUT2D eigenvalue weighted by Gasteiger charge is -2.11. The Morgan fingerprint density at radius 2 is 2.00 bits per heavy atom. The van der Waals surface area contributed by atoms with Crippen LogP contribution < -0.4 is 5.32 Å². The average Bonchev–Trinajstić information content (AvgIpc) is 2.40. The van der Waals surface area contributed by atoms with Crippen LogP contribution in [0, 0.1) is 12.7 Å². The second-order valence-electron chi connectivity index (χ2n) is 4.41. The van der Waals surface area contributed by atoms with Crippen molar-refractivity contribution in [2.24, 2.45) is 0 Å². The van der Waals surface area contributed by atoms with E-state index in [0.29, 0.717) is 22.5 Å². The van der Waals surface area contributed by atoms with Crippen LogP contribution in [0.15, 0.2) is 18.2 Å². The van der Waals surface area contributed by atoms with Crippen molar-refractivity contribution in [2.75, 3.05) is 5.32 Å². The van der Waals surface area contributed by atoms with Gasteiger partial charge >= 0.3 is 0 Å². The Labute approximate surface area is 127 Å². The largest absolute Gasteiger partial charge is 0.340 e. The molecule has 0 amide bonds. The first-order valence-corrected chi connectivity index (χ1v) is 7.02. The van der Waals surface area contributed by atoms with Crippen molar-refractivity contribution in [1.29, 1.82) is 0 Å². The van der Waals surface area contributed by atoms with E-state index >= 15 is 0 Å². The molecule has 0 aliphatic carbocycles. The number of aromatic nitrogens is 2. The summed E-state index contributed by atoms with van der Waals surface area (Å²) in [5.74, 6) is 0.830. The number of hydrogen-bond acceptors (Lipinski definition) is 3. The maximum Gasteiger partial charge on any atom is 0.141 e. The van der Waals surface area contributed by atoms with Gasteiger partial charge in [0.15, 0.2) is 0 Å². The van der Waals surface area contributed by atoms with Crippen molar-refractivity contribution in [3.05, 3.63) is 45.6 Å². The molecule has 1 N–H and O–H groups in total. The van der Waals surface area contributed by atoms with Crippen molar-refractivity contribution in [2.45, 2.75) is 26.7 Å². The maximum absolute atomic E-state index is 13.1. The molecule has 0 spiro atoms. The van der Waals surface area contributed by atoms with E-state index in [0.717, 1.165) is 18.4 Å². The predicted molar refractivity (Wildman–Crippen MR) is 80.5 cm³/mol. The van der Waals surface area contributed by atoms with E-state index in [1.165, 1.54) is 12.1 Å². The number of benzene rings is 1. The molecule has 106 valence electrons. The summed E-state index contributed by atoms with van der Waals surface area (Å²) in [6.45, 7) is 3.87. The van der Waals surface area contributed by atoms with Crippen LogP contribution in [0.3, 0.4) is 0 Å². The summed E-state index contributed by atoms with van der Waals surface area (Å²) in [5.41, 5.74) is 1.39. The van der Waals surface area contributed by atoms with Crippen LogP contribution in [0.1, 0.15) is 24.7 Å². The average molecular weight is 314 g/mol. The first-order valence-electron chi connectivity index (χ1n) is 6.26. The molecule has 1 aromatic heterocycles. The minimum atomic E-state index is -0.457. The fourth-order valence-electron chi connectivity index (χ4n) is 1.70. The van der Waals surface area contributed by atoms with Crippen LogP contribution in [0.4, 0.5) is 15.9 Å². The summed E-state index contributed by atoms with van der Waals surface area (Å²) < 4.78 is 13.1. The van der Waals surface area contributed by atoms with E-state index < -0.39 is 5.82 Å². The normalized spacial score (nSPS) is 10.7. The Morgan fingerprint density at radius 1 is 1.25 bits per heavy atom. The molecule has 0 atom stereocenters. The third-order valence-corrected chi connectivity index (χ3v) is 3.45. The highest BCUT2D eigenvalue weighted by atomic mass is 35.5. The lowest BCUT2D eigenvalue weighted by molar-refractivity contribution is 0.628. The van der Waals surface area contributed by atoms with Crippen LogP contribution in [0.5, 0.6) is 0 Å². The van der Waals surface area contributed by atoms with Crippen molar-refractivity contribution in [3.63, 3.8) is 0 Å². The molecule has 3 nitrogen and oxygen atoms in total. The number of aryl methyl sites for hydroxylation is 1. The van der Waals surface area contributed by atoms with Crippen LogP contribution in [-0.2, 0) is 6.42 Å². The number of halogens is 3. The van der Waals surface area contributed by atoms with E-state index in [2.05, 4.69) is 15.3 Å². The van der Waals surface area contributed by atoms with E-state index in [4.69, 9.17) is 23.2 Å². The molecule has 0 aliphatic heterocycles. The van der Waals surface area contributed by atoms with Gasteiger partial charge in [0.25, 0.3) is 0 Å². The number of rotatable bonds is 4. The summed E-state index contributed by atoms with van der Waals surface area (Å²) >= 11 is 11.9. The zero-order chi connectivity index (χ0) is 14.7. The zero-order valence-corrected chi connectivity index (χ0v) is 12.7. The van der Waals surface area contributed by atoms with Gasteiger partial charge in [-0.25, -0.2) is 14.4 Å². The highest BCUT2D eigenvalue weighted by Gasteiger charge is 2.10. The third kappa shape index (κ3) is 3.38. The van der Waals surface area contributed by atoms with E-state index in [-0.39, 0.29) is 5.02 Å². The Bertz CT molecular complexity index is 632. The van der Waals surface area contributed by atoms with Gasteiger partial charge in [-0.3, -0.25) is 0 Å². The molecule has 0 bridgehead atoms. The number of anilines is 2. The molecular weight excluding hydrogens is 300 g/mol. The number of nitrogens with zero attached hydrogens (tertiary/aromatic N) is 2. The molecule has 2 rings (SSSR count). The maximum atomic E-state index is 13.1. The second kappa shape index (κ2) is 6.37. The predicted octanol–water partition coefficient (Wildman–Crippen LogP) is 4.93. The SMILES string of the molecule is CCCc1nc(Cl)c(C)c(Nc2ccc(F)c(Cl)c2)n1. The van der Waals surface area contributed by atoms with Crippen molar-refractivity contribution in [3.8, 4) is 0 Å². The van der Waals surface area contributed by atoms with Gasteiger partial charge in [-0.15, -0.1) is 0 Å². The summed E-state index contributed by atoms with van der Waals surface area (Å²) in [5, 5.41) is 3.57. The van der Waals surface area contributed by atoms with Crippen LogP contribution >= 0.6 is 23.2 Å².